The fourth-order valence-electron chi connectivity index (χ4n) is 2.91. The van der Waals surface area contributed by atoms with Gasteiger partial charge in [-0.2, -0.15) is 0 Å². The number of sulfonamides is 1. The first-order valence-corrected chi connectivity index (χ1v) is 12.2. The highest BCUT2D eigenvalue weighted by Crippen LogP contribution is 2.28. The first kappa shape index (κ1) is 25.9. The van der Waals surface area contributed by atoms with Crippen molar-refractivity contribution in [3.8, 4) is 11.5 Å². The standard InChI is InChI=1S/C24H23ClN2O7S/c1-3-33-24(29)16-4-6-17(7-5-16)26-23(28)15-34-19-9-11-20(12-10-19)35(30,31)27-18-8-13-22(32-2)21(25)14-18/h4-14,27H,3,15H2,1-2H3,(H,26,28). The number of amides is 1. The minimum absolute atomic E-state index is 0.00271. The maximum Gasteiger partial charge on any atom is 0.338 e. The lowest BCUT2D eigenvalue weighted by Crippen LogP contribution is -2.20. The molecule has 0 radical (unpaired) electrons. The van der Waals surface area contributed by atoms with E-state index in [2.05, 4.69) is 10.0 Å². The van der Waals surface area contributed by atoms with Gasteiger partial charge in [0.05, 0.1) is 34.9 Å². The predicted octanol–water partition coefficient (Wildman–Crippen LogP) is 4.34. The number of anilines is 2. The summed E-state index contributed by atoms with van der Waals surface area (Å²) in [5.74, 6) is -0.135. The van der Waals surface area contributed by atoms with Crippen molar-refractivity contribution >= 4 is 44.9 Å². The smallest absolute Gasteiger partial charge is 0.338 e. The van der Waals surface area contributed by atoms with Gasteiger partial charge in [-0.1, -0.05) is 11.6 Å². The van der Waals surface area contributed by atoms with Crippen LogP contribution in [0.15, 0.2) is 71.6 Å². The van der Waals surface area contributed by atoms with Crippen LogP contribution >= 0.6 is 11.6 Å². The SMILES string of the molecule is CCOC(=O)c1ccc(NC(=O)COc2ccc(S(=O)(=O)Nc3ccc(OC)c(Cl)c3)cc2)cc1. The number of carbonyl (C=O) groups is 2. The topological polar surface area (TPSA) is 120 Å². The average molecular weight is 519 g/mol. The zero-order valence-corrected chi connectivity index (χ0v) is 20.5. The van der Waals surface area contributed by atoms with Crippen LogP contribution in [0.25, 0.3) is 0 Å². The minimum atomic E-state index is -3.87. The zero-order valence-electron chi connectivity index (χ0n) is 18.9. The summed E-state index contributed by atoms with van der Waals surface area (Å²) in [5, 5.41) is 2.91. The maximum atomic E-state index is 12.6. The molecule has 3 aromatic carbocycles. The summed E-state index contributed by atoms with van der Waals surface area (Å²) in [6.45, 7) is 1.69. The van der Waals surface area contributed by atoms with E-state index in [1.54, 1.807) is 37.3 Å². The third kappa shape index (κ3) is 7.11. The Labute approximate surface area is 208 Å². The number of ether oxygens (including phenoxy) is 3. The summed E-state index contributed by atoms with van der Waals surface area (Å²) in [7, 11) is -2.41. The lowest BCUT2D eigenvalue weighted by molar-refractivity contribution is -0.118. The Morgan fingerprint density at radius 3 is 2.20 bits per heavy atom. The number of hydrogen-bond donors (Lipinski definition) is 2. The van der Waals surface area contributed by atoms with Crippen molar-refractivity contribution in [2.24, 2.45) is 0 Å². The van der Waals surface area contributed by atoms with E-state index in [1.165, 1.54) is 43.5 Å². The normalized spacial score (nSPS) is 10.8. The highest BCUT2D eigenvalue weighted by Gasteiger charge is 2.15. The number of nitrogens with one attached hydrogen (secondary N) is 2. The van der Waals surface area contributed by atoms with Crippen LogP contribution in [0.5, 0.6) is 11.5 Å². The first-order valence-electron chi connectivity index (χ1n) is 10.4. The van der Waals surface area contributed by atoms with Gasteiger partial charge >= 0.3 is 5.97 Å². The summed E-state index contributed by atoms with van der Waals surface area (Å²) in [4.78, 5) is 23.8. The van der Waals surface area contributed by atoms with E-state index in [9.17, 15) is 18.0 Å². The number of halogens is 1. The van der Waals surface area contributed by atoms with E-state index in [-0.39, 0.29) is 28.8 Å². The molecule has 11 heteroatoms. The Morgan fingerprint density at radius 1 is 0.943 bits per heavy atom. The van der Waals surface area contributed by atoms with Crippen LogP contribution in [0, 0.1) is 0 Å². The Kier molecular flexibility index (Phi) is 8.56. The quantitative estimate of drug-likeness (QED) is 0.383. The molecule has 0 saturated heterocycles. The minimum Gasteiger partial charge on any atom is -0.495 e. The number of rotatable bonds is 10. The van der Waals surface area contributed by atoms with E-state index in [1.807, 2.05) is 0 Å². The molecule has 0 aliphatic rings. The van der Waals surface area contributed by atoms with Crippen LogP contribution < -0.4 is 19.5 Å². The molecule has 1 amide bonds. The molecule has 0 atom stereocenters. The van der Waals surface area contributed by atoms with Crippen molar-refractivity contribution in [1.82, 2.24) is 0 Å². The van der Waals surface area contributed by atoms with E-state index >= 15 is 0 Å². The molecule has 2 N–H and O–H groups in total. The first-order chi connectivity index (χ1) is 16.7. The van der Waals surface area contributed by atoms with Gasteiger partial charge in [0.25, 0.3) is 15.9 Å². The molecule has 0 aliphatic heterocycles. The van der Waals surface area contributed by atoms with Crippen LogP contribution in [-0.2, 0) is 19.6 Å². The highest BCUT2D eigenvalue weighted by molar-refractivity contribution is 7.92. The van der Waals surface area contributed by atoms with Gasteiger partial charge in [0.1, 0.15) is 11.5 Å². The third-order valence-corrected chi connectivity index (χ3v) is 6.28. The summed E-state index contributed by atoms with van der Waals surface area (Å²) in [6.07, 6.45) is 0. The molecule has 0 spiro atoms. The summed E-state index contributed by atoms with van der Waals surface area (Å²) < 4.78 is 43.1. The molecule has 0 bridgehead atoms. The fraction of sp³-hybridized carbons (Fsp3) is 0.167. The molecule has 35 heavy (non-hydrogen) atoms. The van der Waals surface area contributed by atoms with Crippen LogP contribution in [0.2, 0.25) is 5.02 Å². The second kappa shape index (κ2) is 11.6. The lowest BCUT2D eigenvalue weighted by Gasteiger charge is -2.11. The summed E-state index contributed by atoms with van der Waals surface area (Å²) >= 11 is 6.04. The maximum absolute atomic E-state index is 12.6. The van der Waals surface area contributed by atoms with Gasteiger partial charge in [0.2, 0.25) is 0 Å². The van der Waals surface area contributed by atoms with Gasteiger partial charge < -0.3 is 19.5 Å². The van der Waals surface area contributed by atoms with Gasteiger partial charge in [0, 0.05) is 5.69 Å². The largest absolute Gasteiger partial charge is 0.495 e. The number of benzene rings is 3. The molecule has 0 saturated carbocycles. The Morgan fingerprint density at radius 2 is 1.60 bits per heavy atom. The van der Waals surface area contributed by atoms with Crippen LogP contribution in [0.1, 0.15) is 17.3 Å². The van der Waals surface area contributed by atoms with Crippen LogP contribution in [0.3, 0.4) is 0 Å². The second-order valence-corrected chi connectivity index (χ2v) is 9.15. The van der Waals surface area contributed by atoms with Gasteiger partial charge in [-0.3, -0.25) is 9.52 Å². The van der Waals surface area contributed by atoms with Gasteiger partial charge in [-0.05, 0) is 73.7 Å². The Balaban J connectivity index is 1.54. The molecular formula is C24H23ClN2O7S. The zero-order chi connectivity index (χ0) is 25.4. The molecule has 0 fully saturated rings. The number of esters is 1. The third-order valence-electron chi connectivity index (χ3n) is 4.59. The number of hydrogen-bond acceptors (Lipinski definition) is 7. The summed E-state index contributed by atoms with van der Waals surface area (Å²) in [6, 6.07) is 16.4. The Bertz CT molecular complexity index is 1290. The molecule has 0 aromatic heterocycles. The molecule has 0 aliphatic carbocycles. The molecule has 3 rings (SSSR count). The Hall–Kier alpha value is -3.76. The van der Waals surface area contributed by atoms with E-state index in [4.69, 9.17) is 25.8 Å². The van der Waals surface area contributed by atoms with Crippen molar-refractivity contribution in [3.63, 3.8) is 0 Å². The fourth-order valence-corrected chi connectivity index (χ4v) is 4.22. The van der Waals surface area contributed by atoms with Gasteiger partial charge in [0.15, 0.2) is 6.61 Å². The van der Waals surface area contributed by atoms with Crippen LogP contribution in [0.4, 0.5) is 11.4 Å². The van der Waals surface area contributed by atoms with Crippen molar-refractivity contribution in [3.05, 3.63) is 77.3 Å². The predicted molar refractivity (Wildman–Crippen MR) is 132 cm³/mol. The van der Waals surface area contributed by atoms with E-state index in [0.29, 0.717) is 22.7 Å². The summed E-state index contributed by atoms with van der Waals surface area (Å²) in [5.41, 5.74) is 1.14. The number of methoxy groups -OCH3 is 1. The van der Waals surface area contributed by atoms with Crippen LogP contribution in [-0.4, -0.2) is 40.6 Å². The van der Waals surface area contributed by atoms with Gasteiger partial charge in [-0.15, -0.1) is 0 Å². The van der Waals surface area contributed by atoms with E-state index < -0.39 is 21.9 Å². The van der Waals surface area contributed by atoms with Crippen molar-refractivity contribution in [2.75, 3.05) is 30.4 Å². The molecule has 9 nitrogen and oxygen atoms in total. The molecule has 184 valence electrons. The molecule has 3 aromatic rings. The van der Waals surface area contributed by atoms with Gasteiger partial charge in [-0.25, -0.2) is 13.2 Å². The van der Waals surface area contributed by atoms with Crippen molar-refractivity contribution < 1.29 is 32.2 Å². The van der Waals surface area contributed by atoms with Crippen molar-refractivity contribution in [2.45, 2.75) is 11.8 Å². The monoisotopic (exact) mass is 518 g/mol. The highest BCUT2D eigenvalue weighted by atomic mass is 35.5. The molecule has 0 unspecified atom stereocenters. The molecular weight excluding hydrogens is 496 g/mol. The number of carbonyl (C=O) groups excluding carboxylic acids is 2. The van der Waals surface area contributed by atoms with E-state index in [0.717, 1.165) is 0 Å². The average Bonchev–Trinajstić information content (AvgIpc) is 2.83. The second-order valence-electron chi connectivity index (χ2n) is 7.06. The van der Waals surface area contributed by atoms with Crippen molar-refractivity contribution in [1.29, 1.82) is 0 Å². The molecule has 0 heterocycles. The lowest BCUT2D eigenvalue weighted by atomic mass is 10.2.